The van der Waals surface area contributed by atoms with Gasteiger partial charge in [0.25, 0.3) is 5.91 Å². The third-order valence-corrected chi connectivity index (χ3v) is 2.71. The maximum Gasteiger partial charge on any atom is 0.255 e. The van der Waals surface area contributed by atoms with Crippen LogP contribution in [0, 0.1) is 24.1 Å². The number of carbonyl (C=O) groups excluding carboxylic acids is 1. The van der Waals surface area contributed by atoms with Crippen molar-refractivity contribution < 1.29 is 9.18 Å². The van der Waals surface area contributed by atoms with E-state index >= 15 is 0 Å². The van der Waals surface area contributed by atoms with Gasteiger partial charge in [0, 0.05) is 11.3 Å². The first kappa shape index (κ1) is 12.8. The number of hydrogen-bond donors (Lipinski definition) is 1. The van der Waals surface area contributed by atoms with E-state index in [9.17, 15) is 9.18 Å². The number of nitriles is 1. The molecule has 0 aliphatic heterocycles. The number of halogens is 1. The summed E-state index contributed by atoms with van der Waals surface area (Å²) < 4.78 is 13.4. The number of carbonyl (C=O) groups is 1. The number of aryl methyl sites for hydroxylation is 1. The number of nitrogens with one attached hydrogen (secondary N) is 1. The van der Waals surface area contributed by atoms with Gasteiger partial charge in [-0.2, -0.15) is 5.26 Å². The monoisotopic (exact) mass is 254 g/mol. The van der Waals surface area contributed by atoms with E-state index < -0.39 is 5.82 Å². The van der Waals surface area contributed by atoms with E-state index in [0.717, 1.165) is 0 Å². The molecule has 0 aromatic heterocycles. The van der Waals surface area contributed by atoms with Crippen LogP contribution in [0.3, 0.4) is 0 Å². The Labute approximate surface area is 110 Å². The van der Waals surface area contributed by atoms with Gasteiger partial charge in [-0.1, -0.05) is 6.07 Å². The Hall–Kier alpha value is -2.67. The highest BCUT2D eigenvalue weighted by atomic mass is 19.1. The number of hydrogen-bond acceptors (Lipinski definition) is 2. The molecule has 0 heterocycles. The molecule has 2 aromatic carbocycles. The fourth-order valence-electron chi connectivity index (χ4n) is 1.57. The van der Waals surface area contributed by atoms with Crippen LogP contribution < -0.4 is 5.32 Å². The predicted octanol–water partition coefficient (Wildman–Crippen LogP) is 3.26. The van der Waals surface area contributed by atoms with E-state index in [4.69, 9.17) is 5.26 Å². The zero-order valence-corrected chi connectivity index (χ0v) is 10.3. The van der Waals surface area contributed by atoms with E-state index in [1.807, 2.05) is 6.07 Å². The van der Waals surface area contributed by atoms with Crippen molar-refractivity contribution in [3.63, 3.8) is 0 Å². The maximum absolute atomic E-state index is 13.4. The van der Waals surface area contributed by atoms with Gasteiger partial charge in [-0.25, -0.2) is 4.39 Å². The highest BCUT2D eigenvalue weighted by Crippen LogP contribution is 2.13. The molecule has 19 heavy (non-hydrogen) atoms. The molecule has 0 unspecified atom stereocenters. The van der Waals surface area contributed by atoms with Crippen molar-refractivity contribution in [2.45, 2.75) is 6.92 Å². The molecule has 4 heteroatoms. The van der Waals surface area contributed by atoms with E-state index in [1.54, 1.807) is 43.3 Å². The lowest BCUT2D eigenvalue weighted by Crippen LogP contribution is -2.12. The van der Waals surface area contributed by atoms with Gasteiger partial charge in [0.15, 0.2) is 0 Å². The smallest absolute Gasteiger partial charge is 0.255 e. The van der Waals surface area contributed by atoms with Crippen LogP contribution in [0.5, 0.6) is 0 Å². The third kappa shape index (κ3) is 2.96. The molecule has 0 spiro atoms. The lowest BCUT2D eigenvalue weighted by molar-refractivity contribution is 0.102. The van der Waals surface area contributed by atoms with E-state index in [1.165, 1.54) is 6.07 Å². The molecule has 0 saturated heterocycles. The van der Waals surface area contributed by atoms with Crippen molar-refractivity contribution in [3.8, 4) is 6.07 Å². The summed E-state index contributed by atoms with van der Waals surface area (Å²) >= 11 is 0. The van der Waals surface area contributed by atoms with Gasteiger partial charge in [0.05, 0.1) is 11.6 Å². The van der Waals surface area contributed by atoms with Gasteiger partial charge in [0.2, 0.25) is 0 Å². The minimum atomic E-state index is -0.410. The van der Waals surface area contributed by atoms with Gasteiger partial charge in [-0.3, -0.25) is 4.79 Å². The van der Waals surface area contributed by atoms with Crippen molar-refractivity contribution >= 4 is 11.6 Å². The normalized spacial score (nSPS) is 9.74. The summed E-state index contributed by atoms with van der Waals surface area (Å²) in [4.78, 5) is 11.9. The molecule has 94 valence electrons. The summed E-state index contributed by atoms with van der Waals surface area (Å²) in [5.74, 6) is -0.795. The Bertz CT molecular complexity index is 657. The first-order chi connectivity index (χ1) is 9.10. The van der Waals surface area contributed by atoms with Crippen LogP contribution in [0.25, 0.3) is 0 Å². The van der Waals surface area contributed by atoms with E-state index in [0.29, 0.717) is 16.8 Å². The first-order valence-corrected chi connectivity index (χ1v) is 5.68. The molecule has 1 amide bonds. The standard InChI is InChI=1S/C15H11FN2O/c1-10-2-5-12(8-14(10)16)15(19)18-13-6-3-11(9-17)4-7-13/h2-8H,1H3,(H,18,19). The Morgan fingerprint density at radius 3 is 2.47 bits per heavy atom. The third-order valence-electron chi connectivity index (χ3n) is 2.71. The summed E-state index contributed by atoms with van der Waals surface area (Å²) in [5.41, 5.74) is 1.83. The van der Waals surface area contributed by atoms with Crippen LogP contribution in [0.2, 0.25) is 0 Å². The molecule has 2 rings (SSSR count). The molecule has 1 N–H and O–H groups in total. The van der Waals surface area contributed by atoms with Crippen molar-refractivity contribution in [1.82, 2.24) is 0 Å². The molecule has 0 bridgehead atoms. The SMILES string of the molecule is Cc1ccc(C(=O)Nc2ccc(C#N)cc2)cc1F. The fourth-order valence-corrected chi connectivity index (χ4v) is 1.57. The van der Waals surface area contributed by atoms with Crippen molar-refractivity contribution in [1.29, 1.82) is 5.26 Å². The first-order valence-electron chi connectivity index (χ1n) is 5.68. The molecule has 3 nitrogen and oxygen atoms in total. The van der Waals surface area contributed by atoms with Gasteiger partial charge >= 0.3 is 0 Å². The van der Waals surface area contributed by atoms with Crippen LogP contribution >= 0.6 is 0 Å². The highest BCUT2D eigenvalue weighted by Gasteiger charge is 2.08. The summed E-state index contributed by atoms with van der Waals surface area (Å²) in [6, 6.07) is 12.8. The molecule has 2 aromatic rings. The number of benzene rings is 2. The zero-order chi connectivity index (χ0) is 13.8. The molecule has 0 saturated carbocycles. The quantitative estimate of drug-likeness (QED) is 0.894. The van der Waals surface area contributed by atoms with Gasteiger partial charge in [0.1, 0.15) is 5.82 Å². The Balaban J connectivity index is 2.16. The number of nitrogens with zero attached hydrogens (tertiary/aromatic N) is 1. The average molecular weight is 254 g/mol. The van der Waals surface area contributed by atoms with Crippen LogP contribution in [0.1, 0.15) is 21.5 Å². The van der Waals surface area contributed by atoms with Gasteiger partial charge in [-0.15, -0.1) is 0 Å². The summed E-state index contributed by atoms with van der Waals surface area (Å²) in [6.07, 6.45) is 0. The molecule has 0 atom stereocenters. The van der Waals surface area contributed by atoms with Crippen LogP contribution in [-0.2, 0) is 0 Å². The highest BCUT2D eigenvalue weighted by molar-refractivity contribution is 6.04. The topological polar surface area (TPSA) is 52.9 Å². The van der Waals surface area contributed by atoms with Gasteiger partial charge < -0.3 is 5.32 Å². The average Bonchev–Trinajstić information content (AvgIpc) is 2.42. The second-order valence-corrected chi connectivity index (χ2v) is 4.11. The molecular formula is C15H11FN2O. The van der Waals surface area contributed by atoms with Crippen molar-refractivity contribution in [2.24, 2.45) is 0 Å². The minimum Gasteiger partial charge on any atom is -0.322 e. The number of amides is 1. The second kappa shape index (κ2) is 5.32. The molecule has 0 fully saturated rings. The maximum atomic E-state index is 13.4. The second-order valence-electron chi connectivity index (χ2n) is 4.11. The Kier molecular flexibility index (Phi) is 3.58. The molecular weight excluding hydrogens is 243 g/mol. The molecule has 0 aliphatic carbocycles. The van der Waals surface area contributed by atoms with Gasteiger partial charge in [-0.05, 0) is 48.9 Å². The lowest BCUT2D eigenvalue weighted by atomic mass is 10.1. The lowest BCUT2D eigenvalue weighted by Gasteiger charge is -2.06. The Morgan fingerprint density at radius 1 is 1.21 bits per heavy atom. The van der Waals surface area contributed by atoms with Crippen LogP contribution in [0.15, 0.2) is 42.5 Å². The van der Waals surface area contributed by atoms with Crippen molar-refractivity contribution in [3.05, 3.63) is 65.0 Å². The zero-order valence-electron chi connectivity index (χ0n) is 10.3. The molecule has 0 aliphatic rings. The Morgan fingerprint density at radius 2 is 1.89 bits per heavy atom. The largest absolute Gasteiger partial charge is 0.322 e. The van der Waals surface area contributed by atoms with Crippen LogP contribution in [0.4, 0.5) is 10.1 Å². The molecule has 0 radical (unpaired) electrons. The number of anilines is 1. The summed E-state index contributed by atoms with van der Waals surface area (Å²) in [6.45, 7) is 1.64. The predicted molar refractivity (Wildman–Crippen MR) is 70.2 cm³/mol. The minimum absolute atomic E-state index is 0.257. The van der Waals surface area contributed by atoms with E-state index in [2.05, 4.69) is 5.32 Å². The fraction of sp³-hybridized carbons (Fsp3) is 0.0667. The summed E-state index contributed by atoms with van der Waals surface area (Å²) in [5, 5.41) is 11.3. The summed E-state index contributed by atoms with van der Waals surface area (Å²) in [7, 11) is 0. The van der Waals surface area contributed by atoms with Crippen LogP contribution in [-0.4, -0.2) is 5.91 Å². The van der Waals surface area contributed by atoms with E-state index in [-0.39, 0.29) is 11.5 Å². The number of rotatable bonds is 2. The van der Waals surface area contributed by atoms with Crippen molar-refractivity contribution in [2.75, 3.05) is 5.32 Å².